The number of ether oxygens (including phenoxy) is 1. The Balaban J connectivity index is 2.11. The van der Waals surface area contributed by atoms with Crippen molar-refractivity contribution in [2.75, 3.05) is 5.32 Å². The maximum Gasteiger partial charge on any atom is 0.387 e. The van der Waals surface area contributed by atoms with E-state index in [2.05, 4.69) is 15.0 Å². The van der Waals surface area contributed by atoms with Crippen LogP contribution in [0.4, 0.5) is 14.5 Å². The van der Waals surface area contributed by atoms with Crippen LogP contribution in [0, 0.1) is 0 Å². The van der Waals surface area contributed by atoms with Crippen LogP contribution in [0.5, 0.6) is 5.75 Å². The molecule has 2 rings (SSSR count). The average molecular weight is 370 g/mol. The highest BCUT2D eigenvalue weighted by atomic mass is 32.2. The summed E-state index contributed by atoms with van der Waals surface area (Å²) >= 11 is 0. The highest BCUT2D eigenvalue weighted by molar-refractivity contribution is 7.92. The Morgan fingerprint density at radius 2 is 1.84 bits per heavy atom. The Hall–Kier alpha value is -2.22. The second-order valence-electron chi connectivity index (χ2n) is 6.34. The number of sulfone groups is 1. The third kappa shape index (κ3) is 4.66. The summed E-state index contributed by atoms with van der Waals surface area (Å²) in [5.41, 5.74) is 1.12. The van der Waals surface area contributed by atoms with Gasteiger partial charge in [0, 0.05) is 12.1 Å². The van der Waals surface area contributed by atoms with Crippen LogP contribution in [0.15, 0.2) is 47.6 Å². The van der Waals surface area contributed by atoms with Crippen LogP contribution in [0.3, 0.4) is 0 Å². The summed E-state index contributed by atoms with van der Waals surface area (Å²) < 4.78 is 53.0. The van der Waals surface area contributed by atoms with Crippen LogP contribution < -0.4 is 10.1 Å². The first-order valence-corrected chi connectivity index (χ1v) is 9.07. The van der Waals surface area contributed by atoms with Gasteiger partial charge >= 0.3 is 6.61 Å². The highest BCUT2D eigenvalue weighted by Crippen LogP contribution is 2.25. The molecule has 0 saturated heterocycles. The van der Waals surface area contributed by atoms with Gasteiger partial charge in [0.15, 0.2) is 14.9 Å². The molecule has 136 valence electrons. The summed E-state index contributed by atoms with van der Waals surface area (Å²) in [7, 11) is -3.52. The Morgan fingerprint density at radius 1 is 1.16 bits per heavy atom. The predicted octanol–water partition coefficient (Wildman–Crippen LogP) is 3.87. The van der Waals surface area contributed by atoms with Crippen LogP contribution in [0.25, 0.3) is 0 Å². The highest BCUT2D eigenvalue weighted by Gasteiger charge is 2.31. The number of halogens is 2. The molecule has 0 amide bonds. The lowest BCUT2D eigenvalue weighted by molar-refractivity contribution is -0.0504. The lowest BCUT2D eigenvalue weighted by atomic mass is 10.2. The first kappa shape index (κ1) is 19.1. The molecule has 1 N–H and O–H groups in total. The molecule has 0 bridgehead atoms. The fourth-order valence-electron chi connectivity index (χ4n) is 2.02. The molecule has 1 heterocycles. The molecule has 0 unspecified atom stereocenters. The molecular formula is C17H20F2N2O3S. The molecule has 2 aromatic rings. The molecule has 1 aromatic carbocycles. The Kier molecular flexibility index (Phi) is 5.62. The van der Waals surface area contributed by atoms with E-state index in [9.17, 15) is 17.2 Å². The van der Waals surface area contributed by atoms with Crippen LogP contribution in [-0.4, -0.2) is 24.8 Å². The third-order valence-electron chi connectivity index (χ3n) is 3.49. The summed E-state index contributed by atoms with van der Waals surface area (Å²) in [6.45, 7) is 2.16. The SMILES string of the molecule is CC(C)(C)S(=O)(=O)c1ccc(NCc2ccccc2OC(F)F)cn1. The average Bonchev–Trinajstić information content (AvgIpc) is 2.53. The van der Waals surface area contributed by atoms with Gasteiger partial charge in [-0.2, -0.15) is 8.78 Å². The van der Waals surface area contributed by atoms with Gasteiger partial charge in [0.1, 0.15) is 5.75 Å². The van der Waals surface area contributed by atoms with Gasteiger partial charge in [0.05, 0.1) is 16.6 Å². The molecule has 0 spiro atoms. The Bertz CT molecular complexity index is 817. The molecule has 0 aliphatic carbocycles. The van der Waals surface area contributed by atoms with E-state index < -0.39 is 21.2 Å². The third-order valence-corrected chi connectivity index (χ3v) is 5.89. The van der Waals surface area contributed by atoms with Crippen molar-refractivity contribution < 1.29 is 21.9 Å². The van der Waals surface area contributed by atoms with E-state index >= 15 is 0 Å². The maximum absolute atomic E-state index is 12.4. The normalized spacial score (nSPS) is 12.2. The van der Waals surface area contributed by atoms with Gasteiger partial charge in [-0.25, -0.2) is 13.4 Å². The number of hydrogen-bond donors (Lipinski definition) is 1. The molecule has 25 heavy (non-hydrogen) atoms. The minimum atomic E-state index is -3.52. The van der Waals surface area contributed by atoms with E-state index in [0.717, 1.165) is 0 Å². The van der Waals surface area contributed by atoms with Gasteiger partial charge in [-0.05, 0) is 39.0 Å². The number of hydrogen-bond acceptors (Lipinski definition) is 5. The fraction of sp³-hybridized carbons (Fsp3) is 0.353. The zero-order valence-electron chi connectivity index (χ0n) is 14.2. The van der Waals surface area contributed by atoms with Gasteiger partial charge < -0.3 is 10.1 Å². The lowest BCUT2D eigenvalue weighted by Crippen LogP contribution is -2.28. The van der Waals surface area contributed by atoms with E-state index in [1.165, 1.54) is 18.3 Å². The van der Waals surface area contributed by atoms with E-state index in [1.54, 1.807) is 45.0 Å². The Labute approximate surface area is 146 Å². The monoisotopic (exact) mass is 370 g/mol. The summed E-state index contributed by atoms with van der Waals surface area (Å²) in [6.07, 6.45) is 1.40. The summed E-state index contributed by atoms with van der Waals surface area (Å²) in [4.78, 5) is 4.00. The first-order valence-electron chi connectivity index (χ1n) is 7.58. The van der Waals surface area contributed by atoms with Gasteiger partial charge in [-0.15, -0.1) is 0 Å². The van der Waals surface area contributed by atoms with E-state index in [1.807, 2.05) is 0 Å². The largest absolute Gasteiger partial charge is 0.434 e. The second-order valence-corrected chi connectivity index (χ2v) is 8.99. The number of para-hydroxylation sites is 1. The van der Waals surface area contributed by atoms with Crippen molar-refractivity contribution in [2.24, 2.45) is 0 Å². The van der Waals surface area contributed by atoms with Crippen molar-refractivity contribution in [1.82, 2.24) is 4.98 Å². The predicted molar refractivity (Wildman–Crippen MR) is 91.6 cm³/mol. The number of rotatable bonds is 6. The van der Waals surface area contributed by atoms with Gasteiger partial charge in [-0.1, -0.05) is 18.2 Å². The van der Waals surface area contributed by atoms with Crippen molar-refractivity contribution in [2.45, 2.75) is 43.7 Å². The number of nitrogens with one attached hydrogen (secondary N) is 1. The summed E-state index contributed by atoms with van der Waals surface area (Å²) in [6, 6.07) is 9.45. The Morgan fingerprint density at radius 3 is 2.40 bits per heavy atom. The van der Waals surface area contributed by atoms with Crippen LogP contribution >= 0.6 is 0 Å². The van der Waals surface area contributed by atoms with Crippen LogP contribution in [-0.2, 0) is 16.4 Å². The number of alkyl halides is 2. The molecule has 0 atom stereocenters. The van der Waals surface area contributed by atoms with Crippen LogP contribution in [0.1, 0.15) is 26.3 Å². The minimum Gasteiger partial charge on any atom is -0.434 e. The number of anilines is 1. The maximum atomic E-state index is 12.4. The zero-order valence-corrected chi connectivity index (χ0v) is 15.0. The van der Waals surface area contributed by atoms with Crippen molar-refractivity contribution in [3.63, 3.8) is 0 Å². The van der Waals surface area contributed by atoms with Crippen LogP contribution in [0.2, 0.25) is 0 Å². The van der Waals surface area contributed by atoms with Crippen molar-refractivity contribution in [1.29, 1.82) is 0 Å². The smallest absolute Gasteiger partial charge is 0.387 e. The molecule has 0 saturated carbocycles. The zero-order chi connectivity index (χ0) is 18.7. The van der Waals surface area contributed by atoms with Crippen molar-refractivity contribution in [3.8, 4) is 5.75 Å². The number of pyridine rings is 1. The lowest BCUT2D eigenvalue weighted by Gasteiger charge is -2.18. The molecule has 0 fully saturated rings. The molecular weight excluding hydrogens is 350 g/mol. The van der Waals surface area contributed by atoms with E-state index in [4.69, 9.17) is 0 Å². The fourth-order valence-corrected chi connectivity index (χ4v) is 3.08. The topological polar surface area (TPSA) is 68.3 Å². The number of benzene rings is 1. The molecule has 8 heteroatoms. The van der Waals surface area contributed by atoms with Gasteiger partial charge in [0.2, 0.25) is 0 Å². The quantitative estimate of drug-likeness (QED) is 0.836. The van der Waals surface area contributed by atoms with Gasteiger partial charge in [0.25, 0.3) is 0 Å². The number of aromatic nitrogens is 1. The molecule has 0 aliphatic heterocycles. The standard InChI is InChI=1S/C17H20F2N2O3S/c1-17(2,3)25(22,23)15-9-8-13(11-21-15)20-10-12-6-4-5-7-14(12)24-16(18)19/h4-9,11,16,20H,10H2,1-3H3. The molecule has 5 nitrogen and oxygen atoms in total. The number of nitrogens with zero attached hydrogens (tertiary/aromatic N) is 1. The van der Waals surface area contributed by atoms with Gasteiger partial charge in [-0.3, -0.25) is 0 Å². The summed E-state index contributed by atoms with van der Waals surface area (Å²) in [5, 5.41) is 3.00. The van der Waals surface area contributed by atoms with E-state index in [0.29, 0.717) is 11.3 Å². The van der Waals surface area contributed by atoms with E-state index in [-0.39, 0.29) is 17.3 Å². The minimum absolute atomic E-state index is 0.00742. The van der Waals surface area contributed by atoms with Crippen molar-refractivity contribution in [3.05, 3.63) is 48.2 Å². The molecule has 0 aliphatic rings. The molecule has 0 radical (unpaired) electrons. The first-order chi connectivity index (χ1) is 11.6. The van der Waals surface area contributed by atoms with Crippen molar-refractivity contribution >= 4 is 15.5 Å². The second kappa shape index (κ2) is 7.35. The molecule has 1 aromatic heterocycles. The summed E-state index contributed by atoms with van der Waals surface area (Å²) in [5.74, 6) is 0.0879.